The number of benzene rings is 2. The molecule has 0 spiro atoms. The molecule has 0 amide bonds. The molecule has 0 saturated carbocycles. The molecule has 24 heavy (non-hydrogen) atoms. The highest BCUT2D eigenvalue weighted by Gasteiger charge is 2.22. The van der Waals surface area contributed by atoms with E-state index < -0.39 is 0 Å². The molecule has 2 aromatic heterocycles. The van der Waals surface area contributed by atoms with Gasteiger partial charge in [-0.25, -0.2) is 4.57 Å². The Bertz CT molecular complexity index is 1150. The average molecular weight is 313 g/mol. The highest BCUT2D eigenvalue weighted by Crippen LogP contribution is 2.38. The molecular weight excluding hydrogens is 296 g/mol. The van der Waals surface area contributed by atoms with Crippen LogP contribution in [0.2, 0.25) is 0 Å². The van der Waals surface area contributed by atoms with Crippen LogP contribution >= 0.6 is 0 Å². The van der Waals surface area contributed by atoms with E-state index in [9.17, 15) is 5.26 Å². The number of nitriles is 1. The number of nitrogens with zero attached hydrogens (tertiary/aromatic N) is 2. The van der Waals surface area contributed by atoms with Crippen molar-refractivity contribution < 1.29 is 8.98 Å². The van der Waals surface area contributed by atoms with Gasteiger partial charge in [0.25, 0.3) is 0 Å². The molecule has 0 aliphatic heterocycles. The maximum atomic E-state index is 9.94. The quantitative estimate of drug-likeness (QED) is 0.483. The molecule has 0 radical (unpaired) electrons. The number of aryl methyl sites for hydroxylation is 3. The molecule has 0 atom stereocenters. The van der Waals surface area contributed by atoms with Gasteiger partial charge in [0, 0.05) is 22.9 Å². The van der Waals surface area contributed by atoms with Crippen LogP contribution in [0.25, 0.3) is 33.2 Å². The van der Waals surface area contributed by atoms with Crippen LogP contribution in [0.5, 0.6) is 0 Å². The van der Waals surface area contributed by atoms with Crippen molar-refractivity contribution in [2.24, 2.45) is 7.05 Å². The lowest BCUT2D eigenvalue weighted by Gasteiger charge is -2.07. The maximum Gasteiger partial charge on any atom is 0.213 e. The van der Waals surface area contributed by atoms with E-state index in [0.29, 0.717) is 5.56 Å². The van der Waals surface area contributed by atoms with Crippen LogP contribution in [0.1, 0.15) is 16.7 Å². The molecule has 0 N–H and O–H groups in total. The lowest BCUT2D eigenvalue weighted by Crippen LogP contribution is -2.30. The van der Waals surface area contributed by atoms with Crippen LogP contribution in [0.15, 0.2) is 53.1 Å². The van der Waals surface area contributed by atoms with E-state index in [1.165, 1.54) is 0 Å². The smallest absolute Gasteiger partial charge is 0.213 e. The molecule has 0 aliphatic rings. The molecule has 4 aromatic rings. The van der Waals surface area contributed by atoms with E-state index in [1.807, 2.05) is 61.1 Å². The summed E-state index contributed by atoms with van der Waals surface area (Å²) < 4.78 is 8.04. The van der Waals surface area contributed by atoms with E-state index in [0.717, 1.165) is 44.3 Å². The largest absolute Gasteiger partial charge is 0.456 e. The molecule has 2 heterocycles. The number of fused-ring (bicyclic) bond motifs is 3. The van der Waals surface area contributed by atoms with Crippen LogP contribution in [-0.2, 0) is 7.05 Å². The van der Waals surface area contributed by atoms with Gasteiger partial charge in [0.1, 0.15) is 24.3 Å². The minimum atomic E-state index is 0.677. The Kier molecular flexibility index (Phi) is 3.14. The first-order valence-corrected chi connectivity index (χ1v) is 7.91. The van der Waals surface area contributed by atoms with Crippen molar-refractivity contribution in [3.63, 3.8) is 0 Å². The first-order chi connectivity index (χ1) is 11.6. The number of rotatable bonds is 1. The summed E-state index contributed by atoms with van der Waals surface area (Å²) in [7, 11) is 2.00. The van der Waals surface area contributed by atoms with Crippen molar-refractivity contribution in [2.45, 2.75) is 13.8 Å². The van der Waals surface area contributed by atoms with Crippen LogP contribution in [-0.4, -0.2) is 0 Å². The van der Waals surface area contributed by atoms with Gasteiger partial charge in [0.15, 0.2) is 6.20 Å². The first kappa shape index (κ1) is 14.5. The van der Waals surface area contributed by atoms with Crippen LogP contribution in [0, 0.1) is 25.2 Å². The van der Waals surface area contributed by atoms with Crippen molar-refractivity contribution in [1.29, 1.82) is 5.26 Å². The Hall–Kier alpha value is -3.12. The van der Waals surface area contributed by atoms with E-state index in [2.05, 4.69) is 19.1 Å². The van der Waals surface area contributed by atoms with Crippen LogP contribution in [0.3, 0.4) is 0 Å². The molecule has 0 aliphatic carbocycles. The standard InChI is InChI=1S/C21H17N2O/c1-13-7-8-18-15(10-13)21-16(12-22)20(14(2)11-19(21)24-18)17-6-4-5-9-23(17)3/h4-11H,1-3H3/q+1. The summed E-state index contributed by atoms with van der Waals surface area (Å²) in [5.41, 5.74) is 6.45. The number of pyridine rings is 1. The van der Waals surface area contributed by atoms with Crippen LogP contribution < -0.4 is 4.57 Å². The minimum absolute atomic E-state index is 0.677. The zero-order valence-electron chi connectivity index (χ0n) is 13.9. The van der Waals surface area contributed by atoms with Crippen molar-refractivity contribution in [3.05, 3.63) is 65.4 Å². The maximum absolute atomic E-state index is 9.94. The predicted molar refractivity (Wildman–Crippen MR) is 94.5 cm³/mol. The molecule has 0 fully saturated rings. The zero-order valence-corrected chi connectivity index (χ0v) is 13.9. The third kappa shape index (κ3) is 2.00. The molecular formula is C21H17N2O+. The summed E-state index contributed by atoms with van der Waals surface area (Å²) >= 11 is 0. The third-order valence-corrected chi connectivity index (χ3v) is 4.54. The van der Waals surface area contributed by atoms with Gasteiger partial charge in [-0.05, 0) is 43.7 Å². The Balaban J connectivity index is 2.21. The van der Waals surface area contributed by atoms with Crippen molar-refractivity contribution in [3.8, 4) is 17.3 Å². The number of hydrogen-bond donors (Lipinski definition) is 0. The summed E-state index contributed by atoms with van der Waals surface area (Å²) in [5.74, 6) is 0. The summed E-state index contributed by atoms with van der Waals surface area (Å²) in [4.78, 5) is 0. The van der Waals surface area contributed by atoms with Gasteiger partial charge in [0.2, 0.25) is 5.69 Å². The Labute approximate surface area is 140 Å². The van der Waals surface area contributed by atoms with E-state index in [1.54, 1.807) is 0 Å². The second-order valence-corrected chi connectivity index (χ2v) is 6.23. The van der Waals surface area contributed by atoms with Crippen molar-refractivity contribution >= 4 is 21.9 Å². The molecule has 0 bridgehead atoms. The van der Waals surface area contributed by atoms with Crippen molar-refractivity contribution in [1.82, 2.24) is 0 Å². The SMILES string of the molecule is Cc1ccc2oc3cc(C)c(-c4cccc[n+]4C)c(C#N)c3c2c1. The molecule has 0 saturated heterocycles. The van der Waals surface area contributed by atoms with Gasteiger partial charge in [-0.1, -0.05) is 11.6 Å². The van der Waals surface area contributed by atoms with E-state index in [4.69, 9.17) is 4.42 Å². The topological polar surface area (TPSA) is 40.8 Å². The minimum Gasteiger partial charge on any atom is -0.456 e. The lowest BCUT2D eigenvalue weighted by molar-refractivity contribution is -0.660. The molecule has 116 valence electrons. The Morgan fingerprint density at radius 1 is 1.04 bits per heavy atom. The third-order valence-electron chi connectivity index (χ3n) is 4.54. The monoisotopic (exact) mass is 313 g/mol. The van der Waals surface area contributed by atoms with Gasteiger partial charge in [-0.2, -0.15) is 5.26 Å². The highest BCUT2D eigenvalue weighted by atomic mass is 16.3. The fourth-order valence-electron chi connectivity index (χ4n) is 3.41. The van der Waals surface area contributed by atoms with Gasteiger partial charge in [-0.15, -0.1) is 0 Å². The number of aromatic nitrogens is 1. The van der Waals surface area contributed by atoms with E-state index in [-0.39, 0.29) is 0 Å². The Morgan fingerprint density at radius 2 is 1.88 bits per heavy atom. The molecule has 3 heteroatoms. The number of hydrogen-bond acceptors (Lipinski definition) is 2. The van der Waals surface area contributed by atoms with E-state index >= 15 is 0 Å². The normalized spacial score (nSPS) is 11.1. The second kappa shape index (κ2) is 5.21. The summed E-state index contributed by atoms with van der Waals surface area (Å²) in [6.07, 6.45) is 2.00. The van der Waals surface area contributed by atoms with Gasteiger partial charge >= 0.3 is 0 Å². The van der Waals surface area contributed by atoms with Gasteiger partial charge in [-0.3, -0.25) is 0 Å². The number of furan rings is 1. The fourth-order valence-corrected chi connectivity index (χ4v) is 3.41. The molecule has 3 nitrogen and oxygen atoms in total. The van der Waals surface area contributed by atoms with Gasteiger partial charge < -0.3 is 4.42 Å². The zero-order chi connectivity index (χ0) is 16.8. The van der Waals surface area contributed by atoms with Crippen LogP contribution in [0.4, 0.5) is 0 Å². The van der Waals surface area contributed by atoms with Crippen molar-refractivity contribution in [2.75, 3.05) is 0 Å². The first-order valence-electron chi connectivity index (χ1n) is 7.91. The summed E-state index contributed by atoms with van der Waals surface area (Å²) in [6.45, 7) is 4.08. The molecule has 4 rings (SSSR count). The highest BCUT2D eigenvalue weighted by molar-refractivity contribution is 6.10. The average Bonchev–Trinajstić information content (AvgIpc) is 2.91. The van der Waals surface area contributed by atoms with Gasteiger partial charge in [0.05, 0.1) is 11.1 Å². The second-order valence-electron chi connectivity index (χ2n) is 6.23. The lowest BCUT2D eigenvalue weighted by atomic mass is 9.94. The molecule has 2 aromatic carbocycles. The Morgan fingerprint density at radius 3 is 2.62 bits per heavy atom. The fraction of sp³-hybridized carbons (Fsp3) is 0.143. The summed E-state index contributed by atoms with van der Waals surface area (Å²) in [6, 6.07) is 16.6. The molecule has 0 unspecified atom stereocenters. The predicted octanol–water partition coefficient (Wildman–Crippen LogP) is 4.57. The summed E-state index contributed by atoms with van der Waals surface area (Å²) in [5, 5.41) is 11.8.